The molecule has 0 aliphatic carbocycles. The second-order valence-corrected chi connectivity index (χ2v) is 5.42. The first-order valence-electron chi connectivity index (χ1n) is 7.96. The van der Waals surface area contributed by atoms with Gasteiger partial charge < -0.3 is 19.9 Å². The number of nitrogens with one attached hydrogen (secondary N) is 2. The van der Waals surface area contributed by atoms with E-state index in [1.807, 2.05) is 10.8 Å². The van der Waals surface area contributed by atoms with Crippen LogP contribution in [-0.4, -0.2) is 33.7 Å². The standard InChI is InChI=1S/C17H17F2N5O2/c18-16(19)26-14-5-4-13(12-3-1-6-21-15(12)14)23-17(25)22-7-2-9-24-10-8-20-11-24/h1,3-6,8,10-11,16H,2,7,9H2,(H2,22,23,25). The molecule has 2 heterocycles. The van der Waals surface area contributed by atoms with Crippen molar-refractivity contribution in [3.05, 3.63) is 49.2 Å². The van der Waals surface area contributed by atoms with E-state index in [-0.39, 0.29) is 17.3 Å². The van der Waals surface area contributed by atoms with Gasteiger partial charge in [-0.05, 0) is 30.7 Å². The van der Waals surface area contributed by atoms with Gasteiger partial charge in [-0.3, -0.25) is 4.98 Å². The number of ether oxygens (including phenoxy) is 1. The average molecular weight is 361 g/mol. The van der Waals surface area contributed by atoms with Crippen LogP contribution in [0.25, 0.3) is 10.9 Å². The van der Waals surface area contributed by atoms with Gasteiger partial charge in [-0.15, -0.1) is 0 Å². The summed E-state index contributed by atoms with van der Waals surface area (Å²) in [5.41, 5.74) is 0.715. The molecule has 2 N–H and O–H groups in total. The van der Waals surface area contributed by atoms with Crippen molar-refractivity contribution < 1.29 is 18.3 Å². The molecular weight excluding hydrogens is 344 g/mol. The van der Waals surface area contributed by atoms with E-state index in [1.165, 1.54) is 18.3 Å². The summed E-state index contributed by atoms with van der Waals surface area (Å²) in [6.07, 6.45) is 7.47. The summed E-state index contributed by atoms with van der Waals surface area (Å²) in [5.74, 6) is -0.0399. The first kappa shape index (κ1) is 17.6. The van der Waals surface area contributed by atoms with E-state index in [2.05, 4.69) is 25.3 Å². The Morgan fingerprint density at radius 3 is 2.92 bits per heavy atom. The van der Waals surface area contributed by atoms with Gasteiger partial charge in [-0.1, -0.05) is 0 Å². The molecule has 0 fully saturated rings. The number of hydrogen-bond donors (Lipinski definition) is 2. The highest BCUT2D eigenvalue weighted by molar-refractivity contribution is 6.02. The van der Waals surface area contributed by atoms with E-state index in [9.17, 15) is 13.6 Å². The number of urea groups is 1. The maximum Gasteiger partial charge on any atom is 0.387 e. The van der Waals surface area contributed by atoms with Gasteiger partial charge in [-0.25, -0.2) is 9.78 Å². The number of rotatable bonds is 7. The van der Waals surface area contributed by atoms with E-state index < -0.39 is 6.61 Å². The van der Waals surface area contributed by atoms with E-state index in [0.29, 0.717) is 17.6 Å². The number of amides is 2. The maximum absolute atomic E-state index is 12.5. The lowest BCUT2D eigenvalue weighted by Crippen LogP contribution is -2.30. The van der Waals surface area contributed by atoms with Crippen LogP contribution in [-0.2, 0) is 6.54 Å². The van der Waals surface area contributed by atoms with Crippen LogP contribution in [0.15, 0.2) is 49.2 Å². The van der Waals surface area contributed by atoms with E-state index in [1.54, 1.807) is 24.7 Å². The fraction of sp³-hybridized carbons (Fsp3) is 0.235. The van der Waals surface area contributed by atoms with Gasteiger partial charge in [-0.2, -0.15) is 8.78 Å². The molecule has 7 nitrogen and oxygen atoms in total. The number of fused-ring (bicyclic) bond motifs is 1. The third-order valence-corrected chi connectivity index (χ3v) is 3.63. The smallest absolute Gasteiger partial charge is 0.387 e. The van der Waals surface area contributed by atoms with Crippen LogP contribution in [0.5, 0.6) is 5.75 Å². The molecule has 26 heavy (non-hydrogen) atoms. The number of imidazole rings is 1. The van der Waals surface area contributed by atoms with Gasteiger partial charge in [0.1, 0.15) is 5.52 Å². The molecule has 0 saturated carbocycles. The predicted molar refractivity (Wildman–Crippen MR) is 92.2 cm³/mol. The molecule has 0 saturated heterocycles. The normalized spacial score (nSPS) is 10.9. The number of alkyl halides is 2. The Morgan fingerprint density at radius 2 is 2.15 bits per heavy atom. The Hall–Kier alpha value is -3.23. The monoisotopic (exact) mass is 361 g/mol. The summed E-state index contributed by atoms with van der Waals surface area (Å²) < 4.78 is 31.4. The van der Waals surface area contributed by atoms with Crippen LogP contribution in [0.3, 0.4) is 0 Å². The van der Waals surface area contributed by atoms with Crippen LogP contribution in [0.1, 0.15) is 6.42 Å². The highest BCUT2D eigenvalue weighted by Gasteiger charge is 2.13. The lowest BCUT2D eigenvalue weighted by atomic mass is 10.1. The summed E-state index contributed by atoms with van der Waals surface area (Å²) in [6.45, 7) is -1.72. The number of benzene rings is 1. The highest BCUT2D eigenvalue weighted by atomic mass is 19.3. The second-order valence-electron chi connectivity index (χ2n) is 5.42. The number of anilines is 1. The Labute approximate surface area is 148 Å². The molecule has 2 amide bonds. The first-order chi connectivity index (χ1) is 12.6. The van der Waals surface area contributed by atoms with Gasteiger partial charge in [0.15, 0.2) is 5.75 Å². The molecule has 0 spiro atoms. The van der Waals surface area contributed by atoms with Crippen molar-refractivity contribution in [2.45, 2.75) is 19.6 Å². The van der Waals surface area contributed by atoms with E-state index >= 15 is 0 Å². The molecule has 3 rings (SSSR count). The second kappa shape index (κ2) is 8.24. The number of halogens is 2. The summed E-state index contributed by atoms with van der Waals surface area (Å²) in [4.78, 5) is 20.1. The molecule has 2 aromatic heterocycles. The summed E-state index contributed by atoms with van der Waals surface area (Å²) >= 11 is 0. The minimum atomic E-state index is -2.95. The van der Waals surface area contributed by atoms with Gasteiger partial charge in [0, 0.05) is 37.1 Å². The van der Waals surface area contributed by atoms with Crippen molar-refractivity contribution in [1.82, 2.24) is 19.9 Å². The largest absolute Gasteiger partial charge is 0.432 e. The van der Waals surface area contributed by atoms with Gasteiger partial charge in [0.2, 0.25) is 0 Å². The summed E-state index contributed by atoms with van der Waals surface area (Å²) in [5, 5.41) is 5.97. The topological polar surface area (TPSA) is 81.1 Å². The zero-order valence-corrected chi connectivity index (χ0v) is 13.7. The minimum absolute atomic E-state index is 0.0399. The van der Waals surface area contributed by atoms with Crippen molar-refractivity contribution in [2.75, 3.05) is 11.9 Å². The molecule has 1 aromatic carbocycles. The number of hydrogen-bond acceptors (Lipinski definition) is 4. The van der Waals surface area contributed by atoms with Crippen LogP contribution >= 0.6 is 0 Å². The van der Waals surface area contributed by atoms with Crippen molar-refractivity contribution in [1.29, 1.82) is 0 Å². The average Bonchev–Trinajstić information content (AvgIpc) is 3.14. The quantitative estimate of drug-likeness (QED) is 0.633. The molecule has 0 radical (unpaired) electrons. The lowest BCUT2D eigenvalue weighted by molar-refractivity contribution is -0.0489. The fourth-order valence-electron chi connectivity index (χ4n) is 2.50. The van der Waals surface area contributed by atoms with Crippen molar-refractivity contribution in [2.24, 2.45) is 0 Å². The van der Waals surface area contributed by atoms with Gasteiger partial charge in [0.25, 0.3) is 0 Å². The number of carbonyl (C=O) groups is 1. The third-order valence-electron chi connectivity index (χ3n) is 3.63. The number of pyridine rings is 1. The molecule has 0 atom stereocenters. The number of aromatic nitrogens is 3. The van der Waals surface area contributed by atoms with Crippen LogP contribution in [0, 0.1) is 0 Å². The van der Waals surface area contributed by atoms with E-state index in [4.69, 9.17) is 0 Å². The fourth-order valence-corrected chi connectivity index (χ4v) is 2.50. The Kier molecular flexibility index (Phi) is 5.57. The van der Waals surface area contributed by atoms with Crippen LogP contribution in [0.2, 0.25) is 0 Å². The van der Waals surface area contributed by atoms with Crippen LogP contribution < -0.4 is 15.4 Å². The molecule has 0 aliphatic rings. The van der Waals surface area contributed by atoms with Crippen molar-refractivity contribution in [3.63, 3.8) is 0 Å². The van der Waals surface area contributed by atoms with Gasteiger partial charge in [0.05, 0.1) is 12.0 Å². The highest BCUT2D eigenvalue weighted by Crippen LogP contribution is 2.30. The summed E-state index contributed by atoms with van der Waals surface area (Å²) in [6, 6.07) is 5.81. The molecule has 0 bridgehead atoms. The lowest BCUT2D eigenvalue weighted by Gasteiger charge is -2.12. The number of aryl methyl sites for hydroxylation is 1. The van der Waals surface area contributed by atoms with Gasteiger partial charge >= 0.3 is 12.6 Å². The Morgan fingerprint density at radius 1 is 1.27 bits per heavy atom. The van der Waals surface area contributed by atoms with Crippen molar-refractivity contribution in [3.8, 4) is 5.75 Å². The molecular formula is C17H17F2N5O2. The molecule has 0 unspecified atom stereocenters. The van der Waals surface area contributed by atoms with E-state index in [0.717, 1.165) is 13.0 Å². The zero-order chi connectivity index (χ0) is 18.4. The SMILES string of the molecule is O=C(NCCCn1ccnc1)Nc1ccc(OC(F)F)c2ncccc12. The summed E-state index contributed by atoms with van der Waals surface area (Å²) in [7, 11) is 0. The Balaban J connectivity index is 1.62. The van der Waals surface area contributed by atoms with Crippen molar-refractivity contribution >= 4 is 22.6 Å². The maximum atomic E-state index is 12.5. The zero-order valence-electron chi connectivity index (χ0n) is 13.7. The first-order valence-corrected chi connectivity index (χ1v) is 7.96. The van der Waals surface area contributed by atoms with Crippen LogP contribution in [0.4, 0.5) is 19.3 Å². The third kappa shape index (κ3) is 4.44. The Bertz CT molecular complexity index is 871. The number of nitrogens with zero attached hydrogens (tertiary/aromatic N) is 3. The predicted octanol–water partition coefficient (Wildman–Crippen LogP) is 3.24. The minimum Gasteiger partial charge on any atom is -0.432 e. The molecule has 3 aromatic rings. The molecule has 0 aliphatic heterocycles. The molecule has 136 valence electrons. The number of carbonyl (C=O) groups excluding carboxylic acids is 1. The molecule has 9 heteroatoms.